The number of Topliss-reactive ketones (excluding diaryl/α,β-unsaturated/α-hetero) is 1. The van der Waals surface area contributed by atoms with E-state index >= 15 is 0 Å². The zero-order valence-electron chi connectivity index (χ0n) is 26.0. The summed E-state index contributed by atoms with van der Waals surface area (Å²) in [5.74, 6) is -3.58. The number of ketones is 1. The van der Waals surface area contributed by atoms with E-state index in [2.05, 4.69) is 31.9 Å². The summed E-state index contributed by atoms with van der Waals surface area (Å²) in [6.07, 6.45) is 0. The molecule has 8 nitrogen and oxygen atoms in total. The number of esters is 2. The SMILES string of the molecule is O=C(COC(=O)c1ccc(N2C(=O)C3C(C2=O)C2(Br)c4ccccc4C3(Br)c3ccccc32)cc1)c1ccc(OC(=O)c2ccccc2)cc1. The van der Waals surface area contributed by atoms with E-state index in [4.69, 9.17) is 9.47 Å². The Balaban J connectivity index is 0.966. The summed E-state index contributed by atoms with van der Waals surface area (Å²) in [4.78, 5) is 67.7. The Kier molecular flexibility index (Phi) is 7.69. The number of carbonyl (C=O) groups is 5. The lowest BCUT2D eigenvalue weighted by Crippen LogP contribution is -2.56. The first-order valence-corrected chi connectivity index (χ1v) is 17.4. The van der Waals surface area contributed by atoms with E-state index in [0.29, 0.717) is 11.3 Å². The van der Waals surface area contributed by atoms with Gasteiger partial charge in [0, 0.05) is 5.56 Å². The summed E-state index contributed by atoms with van der Waals surface area (Å²) in [6, 6.07) is 36.2. The molecular formula is C40H25Br2NO7. The number of rotatable bonds is 7. The van der Waals surface area contributed by atoms with Crippen LogP contribution in [0.2, 0.25) is 0 Å². The predicted molar refractivity (Wildman–Crippen MR) is 191 cm³/mol. The fraction of sp³-hybridized carbons (Fsp3) is 0.125. The van der Waals surface area contributed by atoms with E-state index in [1.165, 1.54) is 53.4 Å². The van der Waals surface area contributed by atoms with Crippen LogP contribution in [0.4, 0.5) is 5.69 Å². The molecule has 3 aliphatic carbocycles. The smallest absolute Gasteiger partial charge is 0.343 e. The lowest BCUT2D eigenvalue weighted by Gasteiger charge is -2.55. The van der Waals surface area contributed by atoms with Crippen LogP contribution >= 0.6 is 31.9 Å². The molecule has 1 saturated heterocycles. The van der Waals surface area contributed by atoms with E-state index in [-0.39, 0.29) is 28.7 Å². The third-order valence-corrected chi connectivity index (χ3v) is 12.4. The molecule has 0 saturated carbocycles. The van der Waals surface area contributed by atoms with Crippen LogP contribution in [0.15, 0.2) is 127 Å². The van der Waals surface area contributed by atoms with Crippen LogP contribution in [0, 0.1) is 11.8 Å². The molecule has 2 amide bonds. The Morgan fingerprint density at radius 1 is 0.560 bits per heavy atom. The Hall–Kier alpha value is -5.19. The van der Waals surface area contributed by atoms with Crippen LogP contribution < -0.4 is 9.64 Å². The number of hydrogen-bond donors (Lipinski definition) is 0. The second kappa shape index (κ2) is 12.0. The minimum absolute atomic E-state index is 0.148. The molecule has 10 heteroatoms. The van der Waals surface area contributed by atoms with Gasteiger partial charge in [-0.15, -0.1) is 0 Å². The van der Waals surface area contributed by atoms with Gasteiger partial charge in [-0.2, -0.15) is 0 Å². The fourth-order valence-corrected chi connectivity index (χ4v) is 9.72. The van der Waals surface area contributed by atoms with Gasteiger partial charge in [-0.3, -0.25) is 14.4 Å². The molecule has 0 spiro atoms. The van der Waals surface area contributed by atoms with Crippen molar-refractivity contribution in [1.29, 1.82) is 0 Å². The second-order valence-electron chi connectivity index (χ2n) is 12.3. The van der Waals surface area contributed by atoms with Crippen LogP contribution in [0.3, 0.4) is 0 Å². The standard InChI is InChI=1S/C40H25Br2NO7/c41-39-28-10-4-5-11-29(28)40(42,31-13-7-6-12-30(31)39)34-33(39)35(45)43(36(34)46)26-18-14-25(15-19-26)37(47)49-22-32(44)23-16-20-27(21-17-23)50-38(48)24-8-2-1-3-9-24/h1-21,33-34H,22H2. The van der Waals surface area contributed by atoms with Crippen LogP contribution in [-0.4, -0.2) is 36.1 Å². The molecular weight excluding hydrogens is 766 g/mol. The van der Waals surface area contributed by atoms with E-state index in [1.807, 2.05) is 48.5 Å². The summed E-state index contributed by atoms with van der Waals surface area (Å²) in [6.45, 7) is -0.516. The number of benzene rings is 5. The number of alkyl halides is 2. The van der Waals surface area contributed by atoms with Crippen molar-refractivity contribution in [2.75, 3.05) is 11.5 Å². The number of hydrogen-bond acceptors (Lipinski definition) is 7. The molecule has 9 rings (SSSR count). The molecule has 0 N–H and O–H groups in total. The summed E-state index contributed by atoms with van der Waals surface area (Å²) in [7, 11) is 0. The summed E-state index contributed by atoms with van der Waals surface area (Å²) >= 11 is 8.00. The van der Waals surface area contributed by atoms with Crippen molar-refractivity contribution in [3.8, 4) is 5.75 Å². The number of carbonyl (C=O) groups excluding carboxylic acids is 5. The predicted octanol–water partition coefficient (Wildman–Crippen LogP) is 7.36. The first-order valence-electron chi connectivity index (χ1n) is 15.8. The van der Waals surface area contributed by atoms with Gasteiger partial charge in [0.1, 0.15) is 5.75 Å². The Bertz CT molecular complexity index is 2110. The topological polar surface area (TPSA) is 107 Å². The maximum Gasteiger partial charge on any atom is 0.343 e. The van der Waals surface area contributed by atoms with Crippen molar-refractivity contribution < 1.29 is 33.4 Å². The monoisotopic (exact) mass is 789 g/mol. The van der Waals surface area contributed by atoms with Gasteiger partial charge in [0.2, 0.25) is 11.8 Å². The maximum absolute atomic E-state index is 14.3. The van der Waals surface area contributed by atoms with Gasteiger partial charge in [-0.1, -0.05) is 98.6 Å². The van der Waals surface area contributed by atoms with Gasteiger partial charge in [0.15, 0.2) is 12.4 Å². The lowest BCUT2D eigenvalue weighted by atomic mass is 9.54. The van der Waals surface area contributed by atoms with E-state index in [1.54, 1.807) is 30.3 Å². The van der Waals surface area contributed by atoms with Gasteiger partial charge in [-0.25, -0.2) is 14.5 Å². The molecule has 1 aliphatic heterocycles. The minimum atomic E-state index is -0.912. The van der Waals surface area contributed by atoms with Crippen molar-refractivity contribution in [1.82, 2.24) is 0 Å². The number of halogens is 2. The Labute approximate surface area is 303 Å². The second-order valence-corrected chi connectivity index (χ2v) is 14.8. The quantitative estimate of drug-likeness (QED) is 0.0558. The van der Waals surface area contributed by atoms with Crippen molar-refractivity contribution in [2.24, 2.45) is 11.8 Å². The number of ether oxygens (including phenoxy) is 2. The van der Waals surface area contributed by atoms with Crippen molar-refractivity contribution in [3.63, 3.8) is 0 Å². The normalized spacial score (nSPS) is 22.7. The molecule has 2 atom stereocenters. The van der Waals surface area contributed by atoms with Crippen LogP contribution in [0.1, 0.15) is 53.3 Å². The van der Waals surface area contributed by atoms with Crippen LogP contribution in [-0.2, 0) is 23.0 Å². The molecule has 5 aromatic carbocycles. The number of imide groups is 1. The largest absolute Gasteiger partial charge is 0.454 e. The molecule has 2 unspecified atom stereocenters. The third-order valence-electron chi connectivity index (χ3n) is 9.68. The molecule has 246 valence electrons. The molecule has 0 radical (unpaired) electrons. The van der Waals surface area contributed by atoms with Crippen molar-refractivity contribution in [3.05, 3.63) is 166 Å². The number of nitrogens with zero attached hydrogens (tertiary/aromatic N) is 1. The average molecular weight is 791 g/mol. The van der Waals surface area contributed by atoms with Gasteiger partial charge in [0.25, 0.3) is 0 Å². The molecule has 0 aromatic heterocycles. The summed E-state index contributed by atoms with van der Waals surface area (Å²) < 4.78 is 8.80. The molecule has 2 bridgehead atoms. The lowest BCUT2D eigenvalue weighted by molar-refractivity contribution is -0.122. The van der Waals surface area contributed by atoms with Gasteiger partial charge in [0.05, 0.1) is 37.3 Å². The highest BCUT2D eigenvalue weighted by Gasteiger charge is 2.72. The molecule has 50 heavy (non-hydrogen) atoms. The van der Waals surface area contributed by atoms with Gasteiger partial charge >= 0.3 is 11.9 Å². The Morgan fingerprint density at radius 3 is 1.50 bits per heavy atom. The summed E-state index contributed by atoms with van der Waals surface area (Å²) in [5.41, 5.74) is 4.90. The number of anilines is 1. The first-order chi connectivity index (χ1) is 24.1. The first kappa shape index (κ1) is 32.0. The average Bonchev–Trinajstić information content (AvgIpc) is 3.43. The van der Waals surface area contributed by atoms with E-state index in [0.717, 1.165) is 22.3 Å². The molecule has 5 aromatic rings. The van der Waals surface area contributed by atoms with Crippen molar-refractivity contribution >= 4 is 67.1 Å². The van der Waals surface area contributed by atoms with Crippen LogP contribution in [0.5, 0.6) is 5.75 Å². The fourth-order valence-electron chi connectivity index (χ4n) is 7.42. The highest BCUT2D eigenvalue weighted by molar-refractivity contribution is 9.10. The van der Waals surface area contributed by atoms with E-state index < -0.39 is 44.8 Å². The minimum Gasteiger partial charge on any atom is -0.454 e. The van der Waals surface area contributed by atoms with Gasteiger partial charge < -0.3 is 9.47 Å². The Morgan fingerprint density at radius 2 is 1.00 bits per heavy atom. The van der Waals surface area contributed by atoms with E-state index in [9.17, 15) is 24.0 Å². The third kappa shape index (κ3) is 4.73. The maximum atomic E-state index is 14.3. The highest BCUT2D eigenvalue weighted by Crippen LogP contribution is 2.70. The highest BCUT2D eigenvalue weighted by atomic mass is 79.9. The zero-order valence-corrected chi connectivity index (χ0v) is 29.2. The van der Waals surface area contributed by atoms with Gasteiger partial charge in [-0.05, 0) is 82.9 Å². The molecule has 4 aliphatic rings. The molecule has 1 heterocycles. The molecule has 1 fully saturated rings. The van der Waals surface area contributed by atoms with Crippen LogP contribution in [0.25, 0.3) is 0 Å². The number of amides is 2. The zero-order chi connectivity index (χ0) is 34.8. The summed E-state index contributed by atoms with van der Waals surface area (Å²) in [5, 5.41) is 0. The van der Waals surface area contributed by atoms with Crippen molar-refractivity contribution in [2.45, 2.75) is 8.65 Å².